The van der Waals surface area contributed by atoms with Crippen LogP contribution in [0.1, 0.15) is 0 Å². The van der Waals surface area contributed by atoms with Crippen LogP contribution in [0.5, 0.6) is 5.88 Å². The number of benzene rings is 1. The quantitative estimate of drug-likeness (QED) is 0.626. The van der Waals surface area contributed by atoms with E-state index in [0.717, 1.165) is 33.3 Å². The molecule has 0 saturated carbocycles. The summed E-state index contributed by atoms with van der Waals surface area (Å²) in [6, 6.07) is 11.7. The van der Waals surface area contributed by atoms with E-state index >= 15 is 0 Å². The summed E-state index contributed by atoms with van der Waals surface area (Å²) < 4.78 is 5.18. The van der Waals surface area contributed by atoms with E-state index in [2.05, 4.69) is 25.3 Å². The van der Waals surface area contributed by atoms with Gasteiger partial charge in [-0.1, -0.05) is 6.07 Å². The maximum Gasteiger partial charge on any atom is 0.213 e. The number of anilines is 2. The van der Waals surface area contributed by atoms with Crippen LogP contribution in [0.25, 0.3) is 21.8 Å². The third kappa shape index (κ3) is 2.50. The molecule has 0 spiro atoms. The Hall–Kier alpha value is -3.28. The van der Waals surface area contributed by atoms with Crippen molar-refractivity contribution in [3.63, 3.8) is 0 Å². The fraction of sp³-hybridized carbons (Fsp3) is 0.0588. The van der Waals surface area contributed by atoms with Gasteiger partial charge in [-0.2, -0.15) is 0 Å². The number of nitrogens with one attached hydrogen (secondary N) is 1. The van der Waals surface area contributed by atoms with Crippen LogP contribution in [0.4, 0.5) is 11.5 Å². The molecular formula is C17H13N5O. The van der Waals surface area contributed by atoms with Crippen LogP contribution in [0.3, 0.4) is 0 Å². The molecule has 0 aliphatic rings. The standard InChI is InChI=1S/C17H13N5O/c1-23-16-5-3-11-2-4-12(8-14(11)22-16)21-17-13-6-7-18-9-15(13)19-10-20-17/h2-10H,1H3,(H,19,20,21). The largest absolute Gasteiger partial charge is 0.481 e. The second-order valence-electron chi connectivity index (χ2n) is 5.00. The van der Waals surface area contributed by atoms with Crippen molar-refractivity contribution in [2.75, 3.05) is 12.4 Å². The highest BCUT2D eigenvalue weighted by Crippen LogP contribution is 2.25. The van der Waals surface area contributed by atoms with Gasteiger partial charge in [-0.15, -0.1) is 0 Å². The summed E-state index contributed by atoms with van der Waals surface area (Å²) in [6.45, 7) is 0. The first-order valence-electron chi connectivity index (χ1n) is 7.10. The zero-order valence-corrected chi connectivity index (χ0v) is 12.4. The highest BCUT2D eigenvalue weighted by atomic mass is 16.5. The van der Waals surface area contributed by atoms with Crippen LogP contribution in [-0.4, -0.2) is 27.0 Å². The van der Waals surface area contributed by atoms with E-state index < -0.39 is 0 Å². The van der Waals surface area contributed by atoms with Crippen molar-refractivity contribution in [2.24, 2.45) is 0 Å². The van der Waals surface area contributed by atoms with Gasteiger partial charge in [0.2, 0.25) is 5.88 Å². The van der Waals surface area contributed by atoms with Crippen molar-refractivity contribution in [1.29, 1.82) is 0 Å². The number of pyridine rings is 2. The summed E-state index contributed by atoms with van der Waals surface area (Å²) in [5.74, 6) is 1.33. The lowest BCUT2D eigenvalue weighted by Crippen LogP contribution is -1.96. The molecule has 3 heterocycles. The molecule has 4 aromatic rings. The molecule has 1 aromatic carbocycles. The lowest BCUT2D eigenvalue weighted by molar-refractivity contribution is 0.399. The van der Waals surface area contributed by atoms with Crippen molar-refractivity contribution >= 4 is 33.3 Å². The molecule has 0 aliphatic heterocycles. The third-order valence-electron chi connectivity index (χ3n) is 3.58. The van der Waals surface area contributed by atoms with Gasteiger partial charge in [-0.05, 0) is 24.3 Å². The first kappa shape index (κ1) is 13.4. The van der Waals surface area contributed by atoms with Gasteiger partial charge in [0, 0.05) is 28.7 Å². The van der Waals surface area contributed by atoms with Crippen LogP contribution in [-0.2, 0) is 0 Å². The van der Waals surface area contributed by atoms with Gasteiger partial charge in [0.1, 0.15) is 12.1 Å². The molecule has 0 radical (unpaired) electrons. The molecule has 3 aromatic heterocycles. The second-order valence-corrected chi connectivity index (χ2v) is 5.00. The molecular weight excluding hydrogens is 290 g/mol. The Kier molecular flexibility index (Phi) is 3.20. The minimum Gasteiger partial charge on any atom is -0.481 e. The predicted octanol–water partition coefficient (Wildman–Crippen LogP) is 3.33. The fourth-order valence-corrected chi connectivity index (χ4v) is 2.43. The molecule has 4 rings (SSSR count). The van der Waals surface area contributed by atoms with Crippen molar-refractivity contribution in [2.45, 2.75) is 0 Å². The maximum atomic E-state index is 5.18. The Labute approximate surface area is 132 Å². The summed E-state index contributed by atoms with van der Waals surface area (Å²) in [5, 5.41) is 5.28. The van der Waals surface area contributed by atoms with Gasteiger partial charge in [-0.3, -0.25) is 4.98 Å². The molecule has 112 valence electrons. The molecule has 0 unspecified atom stereocenters. The van der Waals surface area contributed by atoms with E-state index in [1.165, 1.54) is 6.33 Å². The van der Waals surface area contributed by atoms with Gasteiger partial charge >= 0.3 is 0 Å². The summed E-state index contributed by atoms with van der Waals surface area (Å²) >= 11 is 0. The van der Waals surface area contributed by atoms with Gasteiger partial charge in [0.05, 0.1) is 24.3 Å². The summed E-state index contributed by atoms with van der Waals surface area (Å²) in [4.78, 5) is 17.1. The van der Waals surface area contributed by atoms with Gasteiger partial charge in [-0.25, -0.2) is 15.0 Å². The van der Waals surface area contributed by atoms with Crippen LogP contribution in [0.2, 0.25) is 0 Å². The number of rotatable bonds is 3. The molecule has 0 bridgehead atoms. The fourth-order valence-electron chi connectivity index (χ4n) is 2.43. The molecule has 6 nitrogen and oxygen atoms in total. The zero-order valence-electron chi connectivity index (χ0n) is 12.4. The number of hydrogen-bond donors (Lipinski definition) is 1. The Bertz CT molecular complexity index is 997. The first-order chi connectivity index (χ1) is 11.3. The Morgan fingerprint density at radius 2 is 1.91 bits per heavy atom. The predicted molar refractivity (Wildman–Crippen MR) is 88.9 cm³/mol. The monoisotopic (exact) mass is 303 g/mol. The van der Waals surface area contributed by atoms with Crippen molar-refractivity contribution in [3.05, 3.63) is 55.1 Å². The minimum atomic E-state index is 0.591. The first-order valence-corrected chi connectivity index (χ1v) is 7.10. The summed E-state index contributed by atoms with van der Waals surface area (Å²) in [7, 11) is 1.61. The average Bonchev–Trinajstić information content (AvgIpc) is 2.61. The minimum absolute atomic E-state index is 0.591. The average molecular weight is 303 g/mol. The van der Waals surface area contributed by atoms with Crippen LogP contribution in [0.15, 0.2) is 55.1 Å². The molecule has 6 heteroatoms. The van der Waals surface area contributed by atoms with E-state index in [-0.39, 0.29) is 0 Å². The molecule has 23 heavy (non-hydrogen) atoms. The lowest BCUT2D eigenvalue weighted by Gasteiger charge is -2.09. The van der Waals surface area contributed by atoms with Crippen molar-refractivity contribution in [3.8, 4) is 5.88 Å². The Morgan fingerprint density at radius 3 is 2.83 bits per heavy atom. The molecule has 0 fully saturated rings. The van der Waals surface area contributed by atoms with Crippen LogP contribution in [0, 0.1) is 0 Å². The van der Waals surface area contributed by atoms with Gasteiger partial charge < -0.3 is 10.1 Å². The molecule has 0 amide bonds. The van der Waals surface area contributed by atoms with E-state index in [4.69, 9.17) is 4.74 Å². The lowest BCUT2D eigenvalue weighted by atomic mass is 10.2. The number of nitrogens with zero attached hydrogens (tertiary/aromatic N) is 4. The smallest absolute Gasteiger partial charge is 0.213 e. The SMILES string of the molecule is COc1ccc2ccc(Nc3ncnc4cnccc34)cc2n1. The van der Waals surface area contributed by atoms with E-state index in [1.807, 2.05) is 36.4 Å². The van der Waals surface area contributed by atoms with Crippen LogP contribution < -0.4 is 10.1 Å². The number of hydrogen-bond acceptors (Lipinski definition) is 6. The van der Waals surface area contributed by atoms with Gasteiger partial charge in [0.15, 0.2) is 0 Å². The second kappa shape index (κ2) is 5.49. The topological polar surface area (TPSA) is 72.8 Å². The number of methoxy groups -OCH3 is 1. The molecule has 0 atom stereocenters. The Morgan fingerprint density at radius 1 is 1.00 bits per heavy atom. The normalized spacial score (nSPS) is 10.8. The molecule has 0 saturated heterocycles. The van der Waals surface area contributed by atoms with E-state index in [0.29, 0.717) is 5.88 Å². The van der Waals surface area contributed by atoms with Crippen molar-refractivity contribution in [1.82, 2.24) is 19.9 Å². The van der Waals surface area contributed by atoms with Gasteiger partial charge in [0.25, 0.3) is 0 Å². The maximum absolute atomic E-state index is 5.18. The van der Waals surface area contributed by atoms with E-state index in [1.54, 1.807) is 19.5 Å². The zero-order chi connectivity index (χ0) is 15.6. The van der Waals surface area contributed by atoms with Crippen molar-refractivity contribution < 1.29 is 4.74 Å². The van der Waals surface area contributed by atoms with Crippen LogP contribution >= 0.6 is 0 Å². The number of aromatic nitrogens is 4. The van der Waals surface area contributed by atoms with E-state index in [9.17, 15) is 0 Å². The summed E-state index contributed by atoms with van der Waals surface area (Å²) in [5.41, 5.74) is 2.55. The Balaban J connectivity index is 1.76. The number of fused-ring (bicyclic) bond motifs is 2. The molecule has 1 N–H and O–H groups in total. The highest BCUT2D eigenvalue weighted by molar-refractivity contribution is 5.91. The molecule has 0 aliphatic carbocycles. The third-order valence-corrected chi connectivity index (χ3v) is 3.58. The highest BCUT2D eigenvalue weighted by Gasteiger charge is 2.05. The summed E-state index contributed by atoms with van der Waals surface area (Å²) in [6.07, 6.45) is 4.97. The number of ether oxygens (including phenoxy) is 1.